The van der Waals surface area contributed by atoms with E-state index in [0.717, 1.165) is 12.8 Å². The topological polar surface area (TPSA) is 55.6 Å². The van der Waals surface area contributed by atoms with Gasteiger partial charge in [0.2, 0.25) is 5.91 Å². The molecule has 1 amide bonds. The van der Waals surface area contributed by atoms with Crippen molar-refractivity contribution in [3.05, 3.63) is 0 Å². The first-order chi connectivity index (χ1) is 5.63. The molecule has 0 aliphatic heterocycles. The summed E-state index contributed by atoms with van der Waals surface area (Å²) < 4.78 is 0. The number of rotatable bonds is 3. The number of amides is 1. The zero-order chi connectivity index (χ0) is 9.14. The van der Waals surface area contributed by atoms with Crippen molar-refractivity contribution in [2.45, 2.75) is 25.3 Å². The summed E-state index contributed by atoms with van der Waals surface area (Å²) >= 11 is 0. The van der Waals surface area contributed by atoms with Crippen LogP contribution in [-0.4, -0.2) is 31.2 Å². The Balaban J connectivity index is 2.18. The third-order valence-corrected chi connectivity index (χ3v) is 2.36. The molecule has 0 aromatic rings. The van der Waals surface area contributed by atoms with Gasteiger partial charge in [-0.1, -0.05) is 0 Å². The first-order valence-corrected chi connectivity index (χ1v) is 4.19. The lowest BCUT2D eigenvalue weighted by molar-refractivity contribution is -0.170. The van der Waals surface area contributed by atoms with Crippen LogP contribution >= 0.6 is 0 Å². The van der Waals surface area contributed by atoms with Gasteiger partial charge in [0.1, 0.15) is 0 Å². The molecule has 1 aliphatic carbocycles. The van der Waals surface area contributed by atoms with E-state index < -0.39 is 0 Å². The van der Waals surface area contributed by atoms with E-state index >= 15 is 0 Å². The van der Waals surface area contributed by atoms with Crippen LogP contribution in [0.4, 0.5) is 0 Å². The van der Waals surface area contributed by atoms with Gasteiger partial charge >= 0.3 is 0 Å². The zero-order valence-electron chi connectivity index (χ0n) is 7.62. The van der Waals surface area contributed by atoms with Gasteiger partial charge in [-0.05, 0) is 18.8 Å². The molecule has 0 atom stereocenters. The summed E-state index contributed by atoms with van der Waals surface area (Å²) in [4.78, 5) is 16.0. The fraction of sp³-hybridized carbons (Fsp3) is 0.875. The highest BCUT2D eigenvalue weighted by molar-refractivity contribution is 5.75. The molecule has 0 unspecified atom stereocenters. The lowest BCUT2D eigenvalue weighted by Gasteiger charge is -2.32. The van der Waals surface area contributed by atoms with E-state index in [0.29, 0.717) is 18.4 Å². The Morgan fingerprint density at radius 2 is 2.25 bits per heavy atom. The van der Waals surface area contributed by atoms with Gasteiger partial charge in [-0.15, -0.1) is 0 Å². The molecule has 1 aliphatic rings. The molecule has 1 saturated carbocycles. The van der Waals surface area contributed by atoms with E-state index in [4.69, 9.17) is 10.6 Å². The minimum atomic E-state index is 0.0365. The number of hydroxylamine groups is 2. The van der Waals surface area contributed by atoms with Gasteiger partial charge in [0, 0.05) is 19.5 Å². The van der Waals surface area contributed by atoms with Crippen LogP contribution in [0.1, 0.15) is 19.3 Å². The van der Waals surface area contributed by atoms with E-state index in [1.54, 1.807) is 7.05 Å². The van der Waals surface area contributed by atoms with Gasteiger partial charge in [0.15, 0.2) is 0 Å². The average molecular weight is 172 g/mol. The smallest absolute Gasteiger partial charge is 0.246 e. The molecule has 0 aromatic carbocycles. The molecule has 1 rings (SSSR count). The van der Waals surface area contributed by atoms with Crippen LogP contribution in [0.15, 0.2) is 0 Å². The van der Waals surface area contributed by atoms with Crippen LogP contribution in [0, 0.1) is 5.92 Å². The van der Waals surface area contributed by atoms with Crippen molar-refractivity contribution in [1.29, 1.82) is 0 Å². The molecule has 2 N–H and O–H groups in total. The van der Waals surface area contributed by atoms with Gasteiger partial charge in [-0.25, -0.2) is 5.06 Å². The lowest BCUT2D eigenvalue weighted by Crippen LogP contribution is -2.39. The van der Waals surface area contributed by atoms with Gasteiger partial charge in [-0.3, -0.25) is 9.63 Å². The lowest BCUT2D eigenvalue weighted by atomic mass is 9.79. The quantitative estimate of drug-likeness (QED) is 0.616. The largest absolute Gasteiger partial charge is 0.328 e. The first kappa shape index (κ1) is 9.48. The highest BCUT2D eigenvalue weighted by atomic mass is 16.7. The Labute approximate surface area is 72.6 Å². The highest BCUT2D eigenvalue weighted by Crippen LogP contribution is 2.28. The maximum atomic E-state index is 11.2. The van der Waals surface area contributed by atoms with Gasteiger partial charge in [0.25, 0.3) is 0 Å². The van der Waals surface area contributed by atoms with Crippen LogP contribution in [-0.2, 0) is 9.63 Å². The molecule has 0 radical (unpaired) electrons. The van der Waals surface area contributed by atoms with E-state index in [9.17, 15) is 4.79 Å². The monoisotopic (exact) mass is 172 g/mol. The van der Waals surface area contributed by atoms with Crippen LogP contribution < -0.4 is 5.73 Å². The fourth-order valence-corrected chi connectivity index (χ4v) is 1.43. The van der Waals surface area contributed by atoms with Crippen LogP contribution in [0.2, 0.25) is 0 Å². The van der Waals surface area contributed by atoms with Crippen molar-refractivity contribution >= 4 is 5.91 Å². The summed E-state index contributed by atoms with van der Waals surface area (Å²) in [5.74, 6) is 0.513. The Morgan fingerprint density at radius 1 is 1.67 bits per heavy atom. The molecule has 0 saturated heterocycles. The molecule has 1 fully saturated rings. The van der Waals surface area contributed by atoms with Crippen molar-refractivity contribution in [3.63, 3.8) is 0 Å². The van der Waals surface area contributed by atoms with E-state index in [-0.39, 0.29) is 5.91 Å². The molecular formula is C8H16N2O2. The molecule has 0 heterocycles. The van der Waals surface area contributed by atoms with E-state index in [2.05, 4.69) is 0 Å². The number of hydrogen-bond donors (Lipinski definition) is 1. The number of nitrogens with zero attached hydrogens (tertiary/aromatic N) is 1. The summed E-state index contributed by atoms with van der Waals surface area (Å²) in [6.45, 7) is 0. The average Bonchev–Trinajstić information content (AvgIpc) is 2.00. The minimum Gasteiger partial charge on any atom is -0.328 e. The van der Waals surface area contributed by atoms with E-state index in [1.165, 1.54) is 12.2 Å². The Morgan fingerprint density at radius 3 is 2.67 bits per heavy atom. The third-order valence-electron chi connectivity index (χ3n) is 2.36. The number of hydrogen-bond acceptors (Lipinski definition) is 3. The summed E-state index contributed by atoms with van der Waals surface area (Å²) in [7, 11) is 3.12. The molecule has 0 spiro atoms. The maximum absolute atomic E-state index is 11.2. The Bertz CT molecular complexity index is 166. The van der Waals surface area contributed by atoms with Crippen LogP contribution in [0.5, 0.6) is 0 Å². The van der Waals surface area contributed by atoms with Crippen molar-refractivity contribution in [3.8, 4) is 0 Å². The van der Waals surface area contributed by atoms with Crippen molar-refractivity contribution in [2.24, 2.45) is 11.7 Å². The molecular weight excluding hydrogens is 156 g/mol. The normalized spacial score (nSPS) is 27.9. The standard InChI is InChI=1S/C8H16N2O2/c1-10(12-2)8(11)5-6-3-7(9)4-6/h6-7H,3-5,9H2,1-2H3. The summed E-state index contributed by atoms with van der Waals surface area (Å²) in [5, 5.41) is 1.27. The van der Waals surface area contributed by atoms with Crippen molar-refractivity contribution in [2.75, 3.05) is 14.2 Å². The minimum absolute atomic E-state index is 0.0365. The highest BCUT2D eigenvalue weighted by Gasteiger charge is 2.28. The molecule has 0 bridgehead atoms. The second-order valence-corrected chi connectivity index (χ2v) is 3.38. The number of nitrogens with two attached hydrogens (primary N) is 1. The summed E-state index contributed by atoms with van der Waals surface area (Å²) in [6.07, 6.45) is 2.52. The predicted molar refractivity (Wildman–Crippen MR) is 45.1 cm³/mol. The molecule has 4 nitrogen and oxygen atoms in total. The summed E-state index contributed by atoms with van der Waals surface area (Å²) in [6, 6.07) is 0.315. The van der Waals surface area contributed by atoms with Gasteiger partial charge < -0.3 is 5.73 Å². The SMILES string of the molecule is CON(C)C(=O)CC1CC(N)C1. The first-order valence-electron chi connectivity index (χ1n) is 4.19. The van der Waals surface area contributed by atoms with E-state index in [1.807, 2.05) is 0 Å². The van der Waals surface area contributed by atoms with Crippen molar-refractivity contribution < 1.29 is 9.63 Å². The molecule has 4 heteroatoms. The van der Waals surface area contributed by atoms with Crippen LogP contribution in [0.25, 0.3) is 0 Å². The predicted octanol–water partition coefficient (Wildman–Crippen LogP) is 0.134. The third kappa shape index (κ3) is 2.19. The zero-order valence-corrected chi connectivity index (χ0v) is 7.62. The summed E-state index contributed by atoms with van der Waals surface area (Å²) in [5.41, 5.74) is 5.60. The fourth-order valence-electron chi connectivity index (χ4n) is 1.43. The van der Waals surface area contributed by atoms with Gasteiger partial charge in [-0.2, -0.15) is 0 Å². The van der Waals surface area contributed by atoms with Gasteiger partial charge in [0.05, 0.1) is 7.11 Å². The maximum Gasteiger partial charge on any atom is 0.246 e. The second-order valence-electron chi connectivity index (χ2n) is 3.38. The Kier molecular flexibility index (Phi) is 3.05. The van der Waals surface area contributed by atoms with Crippen molar-refractivity contribution in [1.82, 2.24) is 5.06 Å². The molecule has 70 valence electrons. The molecule has 0 aromatic heterocycles. The molecule has 12 heavy (non-hydrogen) atoms. The van der Waals surface area contributed by atoms with Crippen LogP contribution in [0.3, 0.4) is 0 Å². The second kappa shape index (κ2) is 3.87. The number of carbonyl (C=O) groups excluding carboxylic acids is 1. The number of carbonyl (C=O) groups is 1. The Hall–Kier alpha value is -0.610.